The van der Waals surface area contributed by atoms with Gasteiger partial charge in [0.2, 0.25) is 0 Å². The molecule has 14 heteroatoms. The normalized spacial score (nSPS) is 16.0. The Labute approximate surface area is 671 Å². The van der Waals surface area contributed by atoms with Gasteiger partial charge in [0.1, 0.15) is 0 Å². The van der Waals surface area contributed by atoms with Crippen LogP contribution in [0, 0.1) is 46.8 Å². The van der Waals surface area contributed by atoms with Crippen molar-refractivity contribution in [1.29, 1.82) is 0 Å². The lowest BCUT2D eigenvalue weighted by Crippen LogP contribution is -2.49. The molecule has 0 radical (unpaired) electrons. The second kappa shape index (κ2) is 43.1. The van der Waals surface area contributed by atoms with Crippen molar-refractivity contribution in [2.75, 3.05) is 0 Å². The number of aliphatic hydroxyl groups is 7. The van der Waals surface area contributed by atoms with E-state index in [1.54, 1.807) is 0 Å². The van der Waals surface area contributed by atoms with Crippen LogP contribution in [-0.4, -0.2) is 114 Å². The molecule has 0 bridgehead atoms. The number of benzene rings is 4. The van der Waals surface area contributed by atoms with Crippen LogP contribution in [0.5, 0.6) is 0 Å². The van der Waals surface area contributed by atoms with Crippen molar-refractivity contribution in [2.45, 2.75) is 397 Å². The Morgan fingerprint density at radius 1 is 0.330 bits per heavy atom. The minimum atomic E-state index is -0.876. The molecule has 4 aromatic rings. The first-order valence-electron chi connectivity index (χ1n) is 40.2. The van der Waals surface area contributed by atoms with E-state index in [0.29, 0.717) is 30.1 Å². The van der Waals surface area contributed by atoms with Crippen LogP contribution in [0.25, 0.3) is 5.57 Å². The number of nitrogens with two attached hydrogens (primary N) is 7. The van der Waals surface area contributed by atoms with Crippen LogP contribution in [0.1, 0.15) is 334 Å². The summed E-state index contributed by atoms with van der Waals surface area (Å²) in [6.07, 6.45) is 9.70. The van der Waals surface area contributed by atoms with Gasteiger partial charge in [-0.25, -0.2) is 0 Å². The Hall–Kier alpha value is -3.94. The van der Waals surface area contributed by atoms with Gasteiger partial charge in [0.25, 0.3) is 0 Å². The fourth-order valence-electron chi connectivity index (χ4n) is 14.6. The zero-order valence-corrected chi connectivity index (χ0v) is 75.8. The van der Waals surface area contributed by atoms with Gasteiger partial charge in [-0.2, -0.15) is 0 Å². The lowest BCUT2D eigenvalue weighted by atomic mass is 9.66. The van der Waals surface area contributed by atoms with Gasteiger partial charge in [-0.15, -0.1) is 0 Å². The van der Waals surface area contributed by atoms with E-state index >= 15 is 0 Å². The van der Waals surface area contributed by atoms with Crippen LogP contribution in [0.15, 0.2) is 121 Å². The summed E-state index contributed by atoms with van der Waals surface area (Å²) in [5.74, 6) is 2.19. The topological polar surface area (TPSA) is 324 Å². The Balaban J connectivity index is -0.00000122. The molecule has 0 aliphatic heterocycles. The Morgan fingerprint density at radius 2 is 0.679 bits per heavy atom. The van der Waals surface area contributed by atoms with Crippen molar-refractivity contribution in [3.63, 3.8) is 0 Å². The predicted octanol–water partition coefficient (Wildman–Crippen LogP) is 18.7. The van der Waals surface area contributed by atoms with Crippen LogP contribution in [0.4, 0.5) is 0 Å². The summed E-state index contributed by atoms with van der Waals surface area (Å²) < 4.78 is 0. The Kier molecular flexibility index (Phi) is 43.2. The quantitative estimate of drug-likeness (QED) is 0.0251. The van der Waals surface area contributed by atoms with Gasteiger partial charge < -0.3 is 75.9 Å². The molecule has 634 valence electrons. The first kappa shape index (κ1) is 109. The first-order chi connectivity index (χ1) is 47.7. The summed E-state index contributed by atoms with van der Waals surface area (Å²) >= 11 is 0. The Morgan fingerprint density at radius 3 is 0.936 bits per heavy atom. The molecule has 5 rings (SSSR count). The third-order valence-electron chi connectivity index (χ3n) is 20.8. The molecule has 0 spiro atoms. The number of hydrogen-bond acceptors (Lipinski definition) is 14. The second-order valence-electron chi connectivity index (χ2n) is 42.7. The van der Waals surface area contributed by atoms with Gasteiger partial charge in [0.05, 0.1) is 39.2 Å². The van der Waals surface area contributed by atoms with Gasteiger partial charge in [-0.05, 0) is 332 Å². The van der Waals surface area contributed by atoms with Crippen molar-refractivity contribution in [3.8, 4) is 0 Å². The van der Waals surface area contributed by atoms with Crippen molar-refractivity contribution in [3.05, 3.63) is 149 Å². The minimum absolute atomic E-state index is 0. The zero-order chi connectivity index (χ0) is 85.7. The molecule has 21 N–H and O–H groups in total. The average molecular weight is 1530 g/mol. The number of allylic oxidation sites excluding steroid dienone is 2. The predicted molar refractivity (Wildman–Crippen MR) is 474 cm³/mol. The van der Waals surface area contributed by atoms with E-state index in [1.165, 1.54) is 22.3 Å². The molecule has 0 unspecified atom stereocenters. The van der Waals surface area contributed by atoms with Crippen LogP contribution in [-0.2, 0) is 12.8 Å². The van der Waals surface area contributed by atoms with Gasteiger partial charge >= 0.3 is 0 Å². The maximum atomic E-state index is 10.9. The van der Waals surface area contributed by atoms with E-state index in [-0.39, 0.29) is 75.7 Å². The highest BCUT2D eigenvalue weighted by atomic mass is 16.3. The monoisotopic (exact) mass is 1530 g/mol. The van der Waals surface area contributed by atoms with Crippen molar-refractivity contribution in [2.24, 2.45) is 87.0 Å². The average Bonchev–Trinajstić information content (AvgIpc) is 1.23. The zero-order valence-electron chi connectivity index (χ0n) is 75.8. The van der Waals surface area contributed by atoms with E-state index in [9.17, 15) is 35.7 Å². The van der Waals surface area contributed by atoms with Gasteiger partial charge in [0, 0.05) is 50.6 Å². The molecular formula is C95H177N7O7. The molecule has 1 aliphatic carbocycles. The van der Waals surface area contributed by atoms with Crippen molar-refractivity contribution >= 4 is 5.57 Å². The van der Waals surface area contributed by atoms with Crippen molar-refractivity contribution < 1.29 is 35.7 Å². The molecule has 4 aromatic carbocycles. The first-order valence-corrected chi connectivity index (χ1v) is 40.2. The molecule has 0 fully saturated rings. The fraction of sp³-hybridized carbons (Fsp3) is 0.726. The summed E-state index contributed by atoms with van der Waals surface area (Å²) in [6.45, 7) is 69.1. The molecule has 0 saturated carbocycles. The molecule has 109 heavy (non-hydrogen) atoms. The summed E-state index contributed by atoms with van der Waals surface area (Å²) in [4.78, 5) is 0. The van der Waals surface area contributed by atoms with Crippen LogP contribution in [0.2, 0.25) is 0 Å². The summed E-state index contributed by atoms with van der Waals surface area (Å²) in [6, 6.07) is 39.3. The smallest absolute Gasteiger partial charge is 0.0666 e. The molecule has 0 saturated heterocycles. The fourth-order valence-corrected chi connectivity index (χ4v) is 14.6. The van der Waals surface area contributed by atoms with Crippen LogP contribution >= 0.6 is 0 Å². The van der Waals surface area contributed by atoms with Gasteiger partial charge in [0.15, 0.2) is 0 Å². The third-order valence-corrected chi connectivity index (χ3v) is 20.8. The molecule has 14 nitrogen and oxygen atoms in total. The lowest BCUT2D eigenvalue weighted by molar-refractivity contribution is 0.00735. The molecule has 1 aliphatic rings. The van der Waals surface area contributed by atoms with Gasteiger partial charge in [-0.1, -0.05) is 177 Å². The van der Waals surface area contributed by atoms with Crippen LogP contribution < -0.4 is 40.1 Å². The molecule has 8 atom stereocenters. The van der Waals surface area contributed by atoms with Crippen LogP contribution in [0.3, 0.4) is 0 Å². The highest BCUT2D eigenvalue weighted by Crippen LogP contribution is 2.46. The number of fused-ring (bicyclic) bond motifs is 1. The highest BCUT2D eigenvalue weighted by molar-refractivity contribution is 5.73. The lowest BCUT2D eigenvalue weighted by Gasteiger charge is -2.43. The van der Waals surface area contributed by atoms with E-state index in [0.717, 1.165) is 62.5 Å². The highest BCUT2D eigenvalue weighted by Gasteiger charge is 2.43. The largest absolute Gasteiger partial charge is 0.390 e. The Bertz CT molecular complexity index is 3000. The number of hydrogen-bond donors (Lipinski definition) is 14. The summed E-state index contributed by atoms with van der Waals surface area (Å²) in [7, 11) is 0. The molecular weight excluding hydrogens is 1350 g/mol. The molecule has 0 amide bonds. The van der Waals surface area contributed by atoms with E-state index in [2.05, 4.69) is 122 Å². The summed E-state index contributed by atoms with van der Waals surface area (Å²) in [5.41, 5.74) is 44.3. The van der Waals surface area contributed by atoms with Gasteiger partial charge in [-0.3, -0.25) is 0 Å². The SMILES string of the molecule is C.CC(C)(N)[C@@H](c1ccccc1)[C@@H](c1ccccc1)C(C)(C)O.CC(C)(O)C[C@H](C(C)(C)C)C(C)(C)N.CC(C)(O)C[C@H](CC1=CCc2ccccc21)C(C)(C)N.CC(C)(O)C[C@H](Cc1ccccc1)C(C)(C)N.CC(C)[C@@H](CC(C)(C)O)C(C)(C)N.C[C@@H](CC(C)(C)O)C(C)(C)N.C[C@H](CC(C)(C)N)C(C)(C)O. The second-order valence-corrected chi connectivity index (χ2v) is 42.7. The summed E-state index contributed by atoms with van der Waals surface area (Å²) in [5, 5.41) is 69.7. The standard InChI is InChI=1S/C20H27NO.C18H27NO.C15H25NO.C12H27NO.C11H25NO.2C9H21NO.CH4/c1-19(2,21)17(15-11-7-5-8-12-15)18(20(3,4)22)16-13-9-6-10-14-16;1-17(2,20)12-15(18(3,4)19)11-14-10-9-13-7-5-6-8-16(13)14;1-14(2,17)11-13(15(3,4)16)10-12-8-6-5-7-9-12;1-10(2,3)9(12(6,7)13)8-11(4,5)14;1-8(2)9(11(5,6)12)7-10(3,4)13;1-7(9(4,5)10)6-8(2,3)11;1-7(9(4,5)11)6-8(2,3)10;/h5-14,17-18,22H,21H2,1-4H3;5-8,10,15,20H,9,11-12,19H2,1-4H3;5-9,13,17H,10-11,16H2,1-4H3;9,14H,8,13H2,1-7H3;8-9,13H,7,12H2,1-6H3;2*7,11H,6,10H2,1-5H3;1H4/t17-,18+;15-;13-;2*9-;2*7-;/m0001101./s1. The number of rotatable bonds is 28. The van der Waals surface area contributed by atoms with E-state index in [4.69, 9.17) is 40.1 Å². The molecule has 0 aromatic heterocycles. The minimum Gasteiger partial charge on any atom is -0.390 e. The van der Waals surface area contributed by atoms with Crippen molar-refractivity contribution in [1.82, 2.24) is 0 Å². The maximum absolute atomic E-state index is 10.9. The van der Waals surface area contributed by atoms with E-state index < -0.39 is 44.7 Å². The maximum Gasteiger partial charge on any atom is 0.0666 e. The molecule has 0 heterocycles. The van der Waals surface area contributed by atoms with E-state index in [1.807, 2.05) is 242 Å². The third kappa shape index (κ3) is 49.4.